The molecule has 1 heterocycles. The summed E-state index contributed by atoms with van der Waals surface area (Å²) in [5.74, 6) is 1.34. The van der Waals surface area contributed by atoms with Gasteiger partial charge in [-0.2, -0.15) is 18.3 Å². The van der Waals surface area contributed by atoms with Gasteiger partial charge in [0.2, 0.25) is 0 Å². The van der Waals surface area contributed by atoms with E-state index < -0.39 is 11.7 Å². The summed E-state index contributed by atoms with van der Waals surface area (Å²) in [6, 6.07) is 5.62. The molecule has 0 spiro atoms. The summed E-state index contributed by atoms with van der Waals surface area (Å²) in [6.45, 7) is 3.53. The number of nitrogens with one attached hydrogen (secondary N) is 2. The second kappa shape index (κ2) is 7.58. The molecule has 0 radical (unpaired) electrons. The summed E-state index contributed by atoms with van der Waals surface area (Å²) in [4.78, 5) is 8.62. The van der Waals surface area contributed by atoms with E-state index in [0.717, 1.165) is 24.7 Å². The van der Waals surface area contributed by atoms with Gasteiger partial charge in [0.15, 0.2) is 5.96 Å². The number of benzene rings is 1. The Morgan fingerprint density at radius 2 is 2.07 bits per heavy atom. The summed E-state index contributed by atoms with van der Waals surface area (Å²) in [7, 11) is 1.80. The standard InChI is InChI=1S/C18H23F3N6/c1-3-22-16(23-10-15-25-12-26-27(15)2)24-11-17(7-8-17)13-5-4-6-14(9-13)18(19,20)21/h4-6,9,12H,3,7-8,10-11H2,1-2H3,(H2,22,23,24). The minimum absolute atomic E-state index is 0.276. The van der Waals surface area contributed by atoms with E-state index in [1.54, 1.807) is 17.8 Å². The van der Waals surface area contributed by atoms with Gasteiger partial charge in [0.1, 0.15) is 18.7 Å². The summed E-state index contributed by atoms with van der Waals surface area (Å²) in [5.41, 5.74) is -0.162. The molecule has 1 aromatic carbocycles. The predicted molar refractivity (Wildman–Crippen MR) is 96.2 cm³/mol. The molecule has 1 aromatic heterocycles. The van der Waals surface area contributed by atoms with Crippen molar-refractivity contribution in [2.45, 2.75) is 37.9 Å². The number of aryl methyl sites for hydroxylation is 1. The monoisotopic (exact) mass is 380 g/mol. The van der Waals surface area contributed by atoms with Crippen LogP contribution in [0.15, 0.2) is 35.6 Å². The molecule has 27 heavy (non-hydrogen) atoms. The summed E-state index contributed by atoms with van der Waals surface area (Å²) >= 11 is 0. The van der Waals surface area contributed by atoms with Crippen molar-refractivity contribution in [1.82, 2.24) is 25.4 Å². The molecule has 0 atom stereocenters. The van der Waals surface area contributed by atoms with Crippen LogP contribution in [0.4, 0.5) is 13.2 Å². The molecule has 1 aliphatic rings. The molecule has 1 fully saturated rings. The molecule has 2 N–H and O–H groups in total. The van der Waals surface area contributed by atoms with Crippen LogP contribution in [-0.4, -0.2) is 33.8 Å². The van der Waals surface area contributed by atoms with Gasteiger partial charge in [-0.1, -0.05) is 18.2 Å². The fraction of sp³-hybridized carbons (Fsp3) is 0.500. The van der Waals surface area contributed by atoms with Gasteiger partial charge < -0.3 is 10.6 Å². The molecule has 0 unspecified atom stereocenters. The van der Waals surface area contributed by atoms with Gasteiger partial charge in [-0.15, -0.1) is 0 Å². The van der Waals surface area contributed by atoms with Crippen LogP contribution in [0.5, 0.6) is 0 Å². The Balaban J connectivity index is 1.69. The number of guanidine groups is 1. The maximum atomic E-state index is 13.0. The van der Waals surface area contributed by atoms with Gasteiger partial charge in [-0.3, -0.25) is 4.68 Å². The second-order valence-corrected chi connectivity index (χ2v) is 6.71. The van der Waals surface area contributed by atoms with Gasteiger partial charge >= 0.3 is 6.18 Å². The number of halogens is 3. The first-order valence-electron chi connectivity index (χ1n) is 8.87. The summed E-state index contributed by atoms with van der Waals surface area (Å²) in [5, 5.41) is 10.4. The highest BCUT2D eigenvalue weighted by Gasteiger charge is 2.45. The minimum atomic E-state index is -4.33. The molecule has 0 bridgehead atoms. The van der Waals surface area contributed by atoms with Crippen LogP contribution in [0.2, 0.25) is 0 Å². The molecule has 3 rings (SSSR count). The Bertz CT molecular complexity index is 807. The van der Waals surface area contributed by atoms with Crippen molar-refractivity contribution in [3.05, 3.63) is 47.5 Å². The lowest BCUT2D eigenvalue weighted by molar-refractivity contribution is -0.137. The van der Waals surface area contributed by atoms with Crippen molar-refractivity contribution in [1.29, 1.82) is 0 Å². The Morgan fingerprint density at radius 3 is 2.67 bits per heavy atom. The molecule has 2 aromatic rings. The number of aliphatic imine (C=N–C) groups is 1. The smallest absolute Gasteiger partial charge is 0.357 e. The number of aromatic nitrogens is 3. The number of nitrogens with zero attached hydrogens (tertiary/aromatic N) is 4. The number of rotatable bonds is 6. The van der Waals surface area contributed by atoms with E-state index in [1.807, 2.05) is 6.92 Å². The zero-order valence-electron chi connectivity index (χ0n) is 15.3. The number of hydrogen-bond donors (Lipinski definition) is 2. The lowest BCUT2D eigenvalue weighted by atomic mass is 9.94. The van der Waals surface area contributed by atoms with Crippen LogP contribution in [0.3, 0.4) is 0 Å². The molecule has 0 amide bonds. The fourth-order valence-corrected chi connectivity index (χ4v) is 2.95. The molecular weight excluding hydrogens is 357 g/mol. The molecule has 9 heteroatoms. The zero-order chi connectivity index (χ0) is 19.5. The molecule has 6 nitrogen and oxygen atoms in total. The fourth-order valence-electron chi connectivity index (χ4n) is 2.95. The van der Waals surface area contributed by atoms with Crippen molar-refractivity contribution in [2.75, 3.05) is 13.1 Å². The van der Waals surface area contributed by atoms with Crippen molar-refractivity contribution in [3.63, 3.8) is 0 Å². The first-order valence-corrected chi connectivity index (χ1v) is 8.87. The average molecular weight is 380 g/mol. The number of hydrogen-bond acceptors (Lipinski definition) is 3. The van der Waals surface area contributed by atoms with Gasteiger partial charge in [0.05, 0.1) is 5.56 Å². The Labute approximate surface area is 155 Å². The SMILES string of the molecule is CCNC(=NCc1ncnn1C)NCC1(c2cccc(C(F)(F)F)c2)CC1. The van der Waals surface area contributed by atoms with Crippen LogP contribution >= 0.6 is 0 Å². The van der Waals surface area contributed by atoms with Gasteiger partial charge in [0, 0.05) is 25.6 Å². The Hall–Kier alpha value is -2.58. The lowest BCUT2D eigenvalue weighted by Gasteiger charge is -2.20. The van der Waals surface area contributed by atoms with Crippen LogP contribution < -0.4 is 10.6 Å². The highest BCUT2D eigenvalue weighted by Crippen LogP contribution is 2.48. The summed E-state index contributed by atoms with van der Waals surface area (Å²) < 4.78 is 40.7. The predicted octanol–water partition coefficient (Wildman–Crippen LogP) is 2.62. The maximum Gasteiger partial charge on any atom is 0.416 e. The molecule has 1 saturated carbocycles. The van der Waals surface area contributed by atoms with Crippen LogP contribution in [0.1, 0.15) is 36.7 Å². The van der Waals surface area contributed by atoms with E-state index in [1.165, 1.54) is 18.5 Å². The topological polar surface area (TPSA) is 67.1 Å². The van der Waals surface area contributed by atoms with E-state index >= 15 is 0 Å². The molecule has 146 valence electrons. The molecule has 1 aliphatic carbocycles. The van der Waals surface area contributed by atoms with Crippen molar-refractivity contribution in [2.24, 2.45) is 12.0 Å². The minimum Gasteiger partial charge on any atom is -0.357 e. The van der Waals surface area contributed by atoms with Gasteiger partial charge in [0.25, 0.3) is 0 Å². The van der Waals surface area contributed by atoms with Crippen LogP contribution in [0, 0.1) is 0 Å². The molecule has 0 aliphatic heterocycles. The van der Waals surface area contributed by atoms with E-state index in [-0.39, 0.29) is 5.41 Å². The third kappa shape index (κ3) is 4.58. The van der Waals surface area contributed by atoms with Gasteiger partial charge in [-0.05, 0) is 31.4 Å². The van der Waals surface area contributed by atoms with E-state index in [9.17, 15) is 13.2 Å². The van der Waals surface area contributed by atoms with Crippen molar-refractivity contribution < 1.29 is 13.2 Å². The quantitative estimate of drug-likeness (QED) is 0.597. The second-order valence-electron chi connectivity index (χ2n) is 6.71. The third-order valence-corrected chi connectivity index (χ3v) is 4.78. The average Bonchev–Trinajstić information content (AvgIpc) is 3.32. The highest BCUT2D eigenvalue weighted by molar-refractivity contribution is 5.79. The van der Waals surface area contributed by atoms with Gasteiger partial charge in [-0.25, -0.2) is 9.98 Å². The van der Waals surface area contributed by atoms with Crippen LogP contribution in [0.25, 0.3) is 0 Å². The van der Waals surface area contributed by atoms with E-state index in [4.69, 9.17) is 0 Å². The summed E-state index contributed by atoms with van der Waals surface area (Å²) in [6.07, 6.45) is -1.15. The zero-order valence-corrected chi connectivity index (χ0v) is 15.3. The first kappa shape index (κ1) is 19.2. The van der Waals surface area contributed by atoms with Crippen LogP contribution in [-0.2, 0) is 25.2 Å². The number of alkyl halides is 3. The Morgan fingerprint density at radius 1 is 1.30 bits per heavy atom. The van der Waals surface area contributed by atoms with E-state index in [2.05, 4.69) is 25.7 Å². The first-order chi connectivity index (χ1) is 12.8. The molecule has 0 saturated heterocycles. The lowest BCUT2D eigenvalue weighted by Crippen LogP contribution is -2.41. The highest BCUT2D eigenvalue weighted by atomic mass is 19.4. The maximum absolute atomic E-state index is 13.0. The Kier molecular flexibility index (Phi) is 5.38. The largest absolute Gasteiger partial charge is 0.416 e. The normalized spacial score (nSPS) is 16.3. The third-order valence-electron chi connectivity index (χ3n) is 4.78. The van der Waals surface area contributed by atoms with Crippen molar-refractivity contribution >= 4 is 5.96 Å². The van der Waals surface area contributed by atoms with E-state index in [0.29, 0.717) is 31.2 Å². The van der Waals surface area contributed by atoms with Crippen molar-refractivity contribution in [3.8, 4) is 0 Å². The molecular formula is C18H23F3N6.